The predicted octanol–water partition coefficient (Wildman–Crippen LogP) is 4.56. The van der Waals surface area contributed by atoms with E-state index < -0.39 is 0 Å². The maximum absolute atomic E-state index is 13.2. The van der Waals surface area contributed by atoms with Crippen LogP contribution in [0.1, 0.15) is 52.9 Å². The summed E-state index contributed by atoms with van der Waals surface area (Å²) in [4.78, 5) is 31.9. The Morgan fingerprint density at radius 3 is 2.64 bits per heavy atom. The number of H-pyrrole nitrogens is 1. The van der Waals surface area contributed by atoms with Crippen molar-refractivity contribution < 1.29 is 14.3 Å². The lowest BCUT2D eigenvalue weighted by Crippen LogP contribution is -2.44. The molecule has 1 unspecified atom stereocenters. The lowest BCUT2D eigenvalue weighted by Gasteiger charge is -2.38. The first-order valence-corrected chi connectivity index (χ1v) is 14.3. The topological polar surface area (TPSA) is 83.7 Å². The number of likely N-dealkylation sites (tertiary alicyclic amines) is 1. The summed E-state index contributed by atoms with van der Waals surface area (Å²) in [5.41, 5.74) is 2.26. The Kier molecular flexibility index (Phi) is 7.56. The average Bonchev–Trinajstić information content (AvgIpc) is 3.69. The second-order valence-corrected chi connectivity index (χ2v) is 11.5. The zero-order valence-electron chi connectivity index (χ0n) is 21.1. The molecule has 1 saturated carbocycles. The molecule has 0 radical (unpaired) electrons. The van der Waals surface area contributed by atoms with E-state index in [1.807, 2.05) is 26.2 Å². The Balaban J connectivity index is 1.28. The number of rotatable bonds is 7. The number of pyridine rings is 1. The van der Waals surface area contributed by atoms with Gasteiger partial charge in [0.15, 0.2) is 11.5 Å². The molecule has 1 atom stereocenters. The minimum absolute atomic E-state index is 0.0519. The number of carbonyl (C=O) groups is 1. The van der Waals surface area contributed by atoms with Crippen molar-refractivity contribution in [3.05, 3.63) is 49.9 Å². The molecule has 194 valence electrons. The molecule has 9 heteroatoms. The van der Waals surface area contributed by atoms with E-state index in [-0.39, 0.29) is 24.1 Å². The molecule has 1 saturated heterocycles. The molecule has 0 bridgehead atoms. The molecule has 2 N–H and O–H groups in total. The quantitative estimate of drug-likeness (QED) is 0.510. The van der Waals surface area contributed by atoms with Crippen LogP contribution >= 0.6 is 23.4 Å². The summed E-state index contributed by atoms with van der Waals surface area (Å²) in [7, 11) is 0. The number of aromatic nitrogens is 1. The largest absolute Gasteiger partial charge is 0.484 e. The van der Waals surface area contributed by atoms with Crippen molar-refractivity contribution in [2.24, 2.45) is 11.8 Å². The number of nitrogens with one attached hydrogen (secondary N) is 2. The summed E-state index contributed by atoms with van der Waals surface area (Å²) >= 11 is 8.01. The number of aromatic amines is 1. The van der Waals surface area contributed by atoms with Crippen molar-refractivity contribution in [1.82, 2.24) is 15.2 Å². The van der Waals surface area contributed by atoms with Gasteiger partial charge in [0, 0.05) is 46.3 Å². The molecule has 2 fully saturated rings. The van der Waals surface area contributed by atoms with Gasteiger partial charge in [-0.05, 0) is 76.9 Å². The summed E-state index contributed by atoms with van der Waals surface area (Å²) in [6.45, 7) is 7.74. The first-order chi connectivity index (χ1) is 17.3. The van der Waals surface area contributed by atoms with E-state index in [0.717, 1.165) is 42.4 Å². The van der Waals surface area contributed by atoms with Crippen molar-refractivity contribution in [2.45, 2.75) is 57.1 Å². The predicted molar refractivity (Wildman–Crippen MR) is 143 cm³/mol. The van der Waals surface area contributed by atoms with Crippen molar-refractivity contribution in [3.63, 3.8) is 0 Å². The van der Waals surface area contributed by atoms with Crippen LogP contribution in [0.4, 0.5) is 0 Å². The maximum Gasteiger partial charge on any atom is 0.254 e. The van der Waals surface area contributed by atoms with Gasteiger partial charge in [0.1, 0.15) is 12.7 Å². The van der Waals surface area contributed by atoms with E-state index >= 15 is 0 Å². The fourth-order valence-corrected chi connectivity index (χ4v) is 6.22. The van der Waals surface area contributed by atoms with E-state index in [4.69, 9.17) is 21.1 Å². The summed E-state index contributed by atoms with van der Waals surface area (Å²) in [5.74, 6) is 2.09. The lowest BCUT2D eigenvalue weighted by atomic mass is 9.90. The highest BCUT2D eigenvalue weighted by Crippen LogP contribution is 2.44. The number of nitrogens with zero attached hydrogens (tertiary/aromatic N) is 1. The second kappa shape index (κ2) is 10.7. The minimum atomic E-state index is -0.302. The fourth-order valence-electron chi connectivity index (χ4n) is 5.27. The molecule has 3 heterocycles. The summed E-state index contributed by atoms with van der Waals surface area (Å²) in [5, 5.41) is 3.25. The van der Waals surface area contributed by atoms with E-state index in [1.165, 1.54) is 31.1 Å². The van der Waals surface area contributed by atoms with Crippen LogP contribution in [0.5, 0.6) is 11.5 Å². The Bertz CT molecular complexity index is 1200. The third-order valence-corrected chi connectivity index (χ3v) is 8.68. The van der Waals surface area contributed by atoms with Crippen LogP contribution in [0, 0.1) is 25.7 Å². The molecule has 0 spiro atoms. The number of amides is 1. The molecule has 2 aliphatic heterocycles. The van der Waals surface area contributed by atoms with Gasteiger partial charge in [-0.25, -0.2) is 0 Å². The van der Waals surface area contributed by atoms with Crippen LogP contribution in [0.15, 0.2) is 21.8 Å². The maximum atomic E-state index is 13.2. The third-order valence-electron chi connectivity index (χ3n) is 7.59. The van der Waals surface area contributed by atoms with Crippen LogP contribution in [0.3, 0.4) is 0 Å². The van der Waals surface area contributed by atoms with E-state index in [0.29, 0.717) is 45.7 Å². The number of benzene rings is 1. The number of hydrogen-bond donors (Lipinski definition) is 2. The van der Waals surface area contributed by atoms with Gasteiger partial charge in [-0.2, -0.15) is 0 Å². The standard InChI is InChI=1S/C27H34ClN3O4S/c1-15-10-23(36-3)20(27(33)30-15)12-29-26(32)19-11-21(28)25-24(16(19)2)35-22(14-34-25)18-6-8-31(9-7-18)13-17-4-5-17/h10-11,17-18,22H,4-9,12-14H2,1-3H3,(H,29,32)(H,30,33). The van der Waals surface area contributed by atoms with Gasteiger partial charge in [0.2, 0.25) is 0 Å². The summed E-state index contributed by atoms with van der Waals surface area (Å²) in [6, 6.07) is 3.54. The highest BCUT2D eigenvalue weighted by molar-refractivity contribution is 7.98. The Labute approximate surface area is 221 Å². The van der Waals surface area contributed by atoms with Crippen LogP contribution < -0.4 is 20.3 Å². The molecule has 1 amide bonds. The number of aryl methyl sites for hydroxylation is 1. The van der Waals surface area contributed by atoms with Crippen LogP contribution in [-0.2, 0) is 6.54 Å². The summed E-state index contributed by atoms with van der Waals surface area (Å²) in [6.07, 6.45) is 6.80. The molecule has 7 nitrogen and oxygen atoms in total. The lowest BCUT2D eigenvalue weighted by molar-refractivity contribution is 0.0195. The van der Waals surface area contributed by atoms with Gasteiger partial charge in [0.25, 0.3) is 11.5 Å². The third kappa shape index (κ3) is 5.41. The zero-order chi connectivity index (χ0) is 25.4. The number of halogens is 1. The van der Waals surface area contributed by atoms with Gasteiger partial charge >= 0.3 is 0 Å². The molecule has 36 heavy (non-hydrogen) atoms. The van der Waals surface area contributed by atoms with Crippen molar-refractivity contribution in [3.8, 4) is 11.5 Å². The second-order valence-electron chi connectivity index (χ2n) is 10.2. The monoisotopic (exact) mass is 531 g/mol. The summed E-state index contributed by atoms with van der Waals surface area (Å²) < 4.78 is 12.5. The Morgan fingerprint density at radius 2 is 1.94 bits per heavy atom. The molecule has 2 aromatic rings. The average molecular weight is 532 g/mol. The minimum Gasteiger partial charge on any atom is -0.484 e. The van der Waals surface area contributed by atoms with Crippen molar-refractivity contribution >= 4 is 29.3 Å². The van der Waals surface area contributed by atoms with Crippen molar-refractivity contribution in [2.75, 3.05) is 32.5 Å². The molecule has 1 aromatic carbocycles. The van der Waals surface area contributed by atoms with E-state index in [9.17, 15) is 9.59 Å². The molecule has 1 aromatic heterocycles. The Morgan fingerprint density at radius 1 is 1.19 bits per heavy atom. The van der Waals surface area contributed by atoms with E-state index in [1.54, 1.807) is 6.07 Å². The number of thioether (sulfide) groups is 1. The zero-order valence-corrected chi connectivity index (χ0v) is 22.7. The number of fused-ring (bicyclic) bond motifs is 1. The number of piperidine rings is 1. The Hall–Kier alpha value is -2.16. The van der Waals surface area contributed by atoms with Crippen LogP contribution in [0.25, 0.3) is 0 Å². The first kappa shape index (κ1) is 25.5. The molecular weight excluding hydrogens is 498 g/mol. The van der Waals surface area contributed by atoms with E-state index in [2.05, 4.69) is 15.2 Å². The van der Waals surface area contributed by atoms with Gasteiger partial charge in [-0.3, -0.25) is 9.59 Å². The molecule has 1 aliphatic carbocycles. The molecule has 5 rings (SSSR count). The van der Waals surface area contributed by atoms with Crippen LogP contribution in [0.2, 0.25) is 5.02 Å². The van der Waals surface area contributed by atoms with Gasteiger partial charge in [-0.1, -0.05) is 11.6 Å². The number of ether oxygens (including phenoxy) is 2. The SMILES string of the molecule is CSc1cc(C)[nH]c(=O)c1CNC(=O)c1cc(Cl)c2c(c1C)OC(C1CCN(CC3CC3)CC1)CO2. The number of hydrogen-bond acceptors (Lipinski definition) is 6. The normalized spacial score (nSPS) is 20.4. The fraction of sp³-hybridized carbons (Fsp3) is 0.556. The highest BCUT2D eigenvalue weighted by Gasteiger charge is 2.35. The van der Waals surface area contributed by atoms with Gasteiger partial charge < -0.3 is 24.7 Å². The van der Waals surface area contributed by atoms with Crippen LogP contribution in [-0.4, -0.2) is 54.4 Å². The van der Waals surface area contributed by atoms with Crippen molar-refractivity contribution in [1.29, 1.82) is 0 Å². The highest BCUT2D eigenvalue weighted by atomic mass is 35.5. The van der Waals surface area contributed by atoms with Gasteiger partial charge in [-0.15, -0.1) is 11.8 Å². The first-order valence-electron chi connectivity index (χ1n) is 12.7. The molecule has 3 aliphatic rings. The number of carbonyl (C=O) groups excluding carboxylic acids is 1. The molecular formula is C27H34ClN3O4S. The smallest absolute Gasteiger partial charge is 0.254 e. The van der Waals surface area contributed by atoms with Gasteiger partial charge in [0.05, 0.1) is 5.02 Å².